The third-order valence-corrected chi connectivity index (χ3v) is 11.6. The number of fused-ring (bicyclic) bond motifs is 2. The summed E-state index contributed by atoms with van der Waals surface area (Å²) < 4.78 is 15.0. The van der Waals surface area contributed by atoms with Crippen LogP contribution in [0.4, 0.5) is 9.59 Å². The molecule has 4 heterocycles. The molecule has 0 bridgehead atoms. The van der Waals surface area contributed by atoms with E-state index in [1.807, 2.05) is 58.0 Å². The molecule has 6 atom stereocenters. The van der Waals surface area contributed by atoms with E-state index in [4.69, 9.17) is 19.2 Å². The molecule has 15 heteroatoms. The van der Waals surface area contributed by atoms with Gasteiger partial charge in [0.15, 0.2) is 0 Å². The predicted octanol–water partition coefficient (Wildman–Crippen LogP) is 6.96. The van der Waals surface area contributed by atoms with Crippen LogP contribution in [0.1, 0.15) is 64.8 Å². The van der Waals surface area contributed by atoms with Crippen LogP contribution in [0.3, 0.4) is 0 Å². The number of nitrogens with zero attached hydrogens (tertiary/aromatic N) is 4. The van der Waals surface area contributed by atoms with Crippen molar-refractivity contribution in [1.29, 1.82) is 0 Å². The van der Waals surface area contributed by atoms with Crippen LogP contribution in [-0.4, -0.2) is 106 Å². The van der Waals surface area contributed by atoms with Crippen molar-refractivity contribution in [3.63, 3.8) is 0 Å². The number of benzene rings is 3. The van der Waals surface area contributed by atoms with E-state index < -0.39 is 42.5 Å². The molecular formula is C45H52N8O7. The molecule has 3 aromatic carbocycles. The van der Waals surface area contributed by atoms with Crippen LogP contribution in [0, 0.1) is 5.92 Å². The lowest BCUT2D eigenvalue weighted by Gasteiger charge is -2.31. The fraction of sp³-hybridized carbons (Fsp3) is 0.378. The zero-order valence-electron chi connectivity index (χ0n) is 35.2. The standard InChI is InChI=1S/C45H52N8O7/c1-9-26(4)38(50-44(56)59-7)42(54)53-23-25(3)17-37(53)41-47-33-15-14-31(20-34(33)48-41)29-10-11-30-19-32(13-12-28(30)18-29)35-21-46-40(49-35)36-16-24(2)22-52(36)43(55)39(27(5)58-6)51-45(57)60-8/h10-21,26-27,36-39H,9,22-23H2,1-8H3,(H,46,49)(H,47,48)(H,50,56)(H,51,57)/t26-,27+,36-,37-,38-,39-/m0/s1. The zero-order valence-corrected chi connectivity index (χ0v) is 35.2. The van der Waals surface area contributed by atoms with E-state index in [0.29, 0.717) is 31.2 Å². The van der Waals surface area contributed by atoms with E-state index >= 15 is 0 Å². The van der Waals surface area contributed by atoms with E-state index in [0.717, 1.165) is 55.3 Å². The van der Waals surface area contributed by atoms with Gasteiger partial charge in [0.1, 0.15) is 35.8 Å². The van der Waals surface area contributed by atoms with Gasteiger partial charge in [-0.1, -0.05) is 73.9 Å². The van der Waals surface area contributed by atoms with Crippen LogP contribution in [0.25, 0.3) is 44.2 Å². The minimum absolute atomic E-state index is 0.0962. The molecule has 0 radical (unpaired) electrons. The largest absolute Gasteiger partial charge is 0.453 e. The highest BCUT2D eigenvalue weighted by Crippen LogP contribution is 2.35. The lowest BCUT2D eigenvalue weighted by atomic mass is 9.97. The van der Waals surface area contributed by atoms with Crippen LogP contribution in [0.5, 0.6) is 0 Å². The highest BCUT2D eigenvalue weighted by atomic mass is 16.5. The third kappa shape index (κ3) is 8.35. The SMILES string of the molecule is CC[C@H](C)[C@H](NC(=O)OC)C(=O)N1CC(C)=C[C@H]1c1nc2ccc(-c3ccc4cc(-c5cnc([C@@H]6C=C(C)CN6C(=O)[C@@H](NC(=O)OC)[C@@H](C)OC)[nH]5)ccc4c3)cc2[nH]1. The maximum atomic E-state index is 13.9. The number of ether oxygens (including phenoxy) is 3. The molecule has 60 heavy (non-hydrogen) atoms. The number of hydrogen-bond donors (Lipinski definition) is 4. The number of carbonyl (C=O) groups is 4. The van der Waals surface area contributed by atoms with Crippen LogP contribution in [0.2, 0.25) is 0 Å². The molecule has 314 valence electrons. The topological polar surface area (TPSA) is 184 Å². The molecule has 4 amide bonds. The van der Waals surface area contributed by atoms with Crippen molar-refractivity contribution in [2.24, 2.45) is 5.92 Å². The van der Waals surface area contributed by atoms with Crippen LogP contribution >= 0.6 is 0 Å². The number of aromatic amines is 2. The number of rotatable bonds is 12. The Morgan fingerprint density at radius 3 is 1.92 bits per heavy atom. The summed E-state index contributed by atoms with van der Waals surface area (Å²) in [5, 5.41) is 7.47. The Bertz CT molecular complexity index is 2500. The summed E-state index contributed by atoms with van der Waals surface area (Å²) in [4.78, 5) is 71.9. The van der Waals surface area contributed by atoms with Gasteiger partial charge in [-0.05, 0) is 72.9 Å². The van der Waals surface area contributed by atoms with Gasteiger partial charge in [-0.25, -0.2) is 19.6 Å². The number of amides is 4. The molecule has 7 rings (SSSR count). The number of methoxy groups -OCH3 is 3. The van der Waals surface area contributed by atoms with Gasteiger partial charge in [-0.15, -0.1) is 0 Å². The van der Waals surface area contributed by atoms with Crippen molar-refractivity contribution in [2.75, 3.05) is 34.4 Å². The zero-order chi connectivity index (χ0) is 42.8. The molecule has 0 fully saturated rings. The first-order valence-electron chi connectivity index (χ1n) is 20.1. The van der Waals surface area contributed by atoms with E-state index in [9.17, 15) is 19.2 Å². The minimum atomic E-state index is -0.948. The molecule has 0 aliphatic carbocycles. The van der Waals surface area contributed by atoms with Gasteiger partial charge in [0.2, 0.25) is 11.8 Å². The molecular weight excluding hydrogens is 765 g/mol. The van der Waals surface area contributed by atoms with E-state index in [1.165, 1.54) is 21.3 Å². The number of nitrogens with one attached hydrogen (secondary N) is 4. The average Bonchev–Trinajstić information content (AvgIpc) is 4.08. The quantitative estimate of drug-likeness (QED) is 0.0967. The van der Waals surface area contributed by atoms with Crippen molar-refractivity contribution in [2.45, 2.75) is 71.3 Å². The number of imidazole rings is 2. The van der Waals surface area contributed by atoms with Gasteiger partial charge < -0.3 is 44.6 Å². The Morgan fingerprint density at radius 2 is 1.30 bits per heavy atom. The number of H-pyrrole nitrogens is 2. The van der Waals surface area contributed by atoms with Crippen LogP contribution in [-0.2, 0) is 23.8 Å². The number of hydrogen-bond acceptors (Lipinski definition) is 9. The predicted molar refractivity (Wildman–Crippen MR) is 228 cm³/mol. The van der Waals surface area contributed by atoms with Crippen LogP contribution < -0.4 is 10.6 Å². The summed E-state index contributed by atoms with van der Waals surface area (Å²) in [7, 11) is 4.03. The van der Waals surface area contributed by atoms with Gasteiger partial charge in [0.05, 0.1) is 43.2 Å². The van der Waals surface area contributed by atoms with Gasteiger partial charge >= 0.3 is 12.2 Å². The first-order chi connectivity index (χ1) is 28.8. The van der Waals surface area contributed by atoms with Crippen LogP contribution in [0.15, 0.2) is 84.1 Å². The lowest BCUT2D eigenvalue weighted by Crippen LogP contribution is -2.54. The maximum absolute atomic E-state index is 13.9. The number of carbonyl (C=O) groups excluding carboxylic acids is 4. The van der Waals surface area contributed by atoms with Crippen molar-refractivity contribution in [1.82, 2.24) is 40.4 Å². The first kappa shape index (κ1) is 41.7. The Labute approximate surface area is 348 Å². The van der Waals surface area contributed by atoms with E-state index in [2.05, 4.69) is 62.0 Å². The second-order valence-corrected chi connectivity index (χ2v) is 15.7. The molecule has 15 nitrogen and oxygen atoms in total. The Morgan fingerprint density at radius 1 is 0.750 bits per heavy atom. The normalized spacial score (nSPS) is 18.5. The Hall–Kier alpha value is -6.48. The summed E-state index contributed by atoms with van der Waals surface area (Å²) in [6, 6.07) is 16.1. The summed E-state index contributed by atoms with van der Waals surface area (Å²) in [5.74, 6) is 0.675. The second-order valence-electron chi connectivity index (χ2n) is 15.7. The Balaban J connectivity index is 1.10. The molecule has 0 spiro atoms. The second kappa shape index (κ2) is 17.4. The highest BCUT2D eigenvalue weighted by molar-refractivity contribution is 5.92. The molecule has 2 aliphatic rings. The molecule has 0 saturated carbocycles. The van der Waals surface area contributed by atoms with Gasteiger partial charge in [0.25, 0.3) is 0 Å². The molecule has 4 N–H and O–H groups in total. The fourth-order valence-corrected chi connectivity index (χ4v) is 7.95. The molecule has 2 aromatic heterocycles. The van der Waals surface area contributed by atoms with Gasteiger partial charge in [-0.2, -0.15) is 0 Å². The monoisotopic (exact) mass is 816 g/mol. The number of alkyl carbamates (subject to hydrolysis) is 2. The van der Waals surface area contributed by atoms with Gasteiger partial charge in [-0.3, -0.25) is 9.59 Å². The summed E-state index contributed by atoms with van der Waals surface area (Å²) >= 11 is 0. The molecule has 5 aromatic rings. The molecule has 0 unspecified atom stereocenters. The van der Waals surface area contributed by atoms with Crippen molar-refractivity contribution < 1.29 is 33.4 Å². The highest BCUT2D eigenvalue weighted by Gasteiger charge is 2.39. The summed E-state index contributed by atoms with van der Waals surface area (Å²) in [6.07, 6.45) is 4.57. The third-order valence-electron chi connectivity index (χ3n) is 11.6. The molecule has 0 saturated heterocycles. The Kier molecular flexibility index (Phi) is 12.1. The van der Waals surface area contributed by atoms with Crippen molar-refractivity contribution in [3.8, 4) is 22.4 Å². The maximum Gasteiger partial charge on any atom is 0.407 e. The van der Waals surface area contributed by atoms with Crippen molar-refractivity contribution >= 4 is 45.8 Å². The lowest BCUT2D eigenvalue weighted by molar-refractivity contribution is -0.137. The van der Waals surface area contributed by atoms with Gasteiger partial charge in [0, 0.05) is 25.8 Å². The fourth-order valence-electron chi connectivity index (χ4n) is 7.95. The van der Waals surface area contributed by atoms with E-state index in [-0.39, 0.29) is 17.7 Å². The first-order valence-corrected chi connectivity index (χ1v) is 20.1. The van der Waals surface area contributed by atoms with E-state index in [1.54, 1.807) is 22.9 Å². The minimum Gasteiger partial charge on any atom is -0.453 e. The summed E-state index contributed by atoms with van der Waals surface area (Å²) in [5.41, 5.74) is 7.47. The molecule has 2 aliphatic heterocycles. The van der Waals surface area contributed by atoms with Crippen molar-refractivity contribution in [3.05, 3.63) is 95.7 Å². The smallest absolute Gasteiger partial charge is 0.407 e. The number of aromatic nitrogens is 4. The summed E-state index contributed by atoms with van der Waals surface area (Å²) in [6.45, 7) is 10.4. The average molecular weight is 817 g/mol.